The lowest BCUT2D eigenvalue weighted by Crippen LogP contribution is -2.26. The van der Waals surface area contributed by atoms with Crippen LogP contribution in [0.2, 0.25) is 0 Å². The van der Waals surface area contributed by atoms with Crippen LogP contribution in [0.15, 0.2) is 176 Å². The predicted molar refractivity (Wildman–Crippen MR) is 212 cm³/mol. The first kappa shape index (κ1) is 28.1. The summed E-state index contributed by atoms with van der Waals surface area (Å²) in [7, 11) is -1.34. The van der Waals surface area contributed by atoms with Gasteiger partial charge in [0.25, 0.3) is 0 Å². The van der Waals surface area contributed by atoms with Gasteiger partial charge in [0, 0.05) is 21.3 Å². The highest BCUT2D eigenvalue weighted by Gasteiger charge is 2.33. The molecular weight excluding hydrogens is 614 g/mol. The minimum atomic E-state index is -0.729. The van der Waals surface area contributed by atoms with Crippen LogP contribution >= 0.6 is 15.5 Å². The Hall–Kier alpha value is -4.99. The Balaban J connectivity index is 1.32. The standard InChI is InChI=1S/C46H32P2/c1-5-14-31(15-6-1)33-24-26-37-40-30-44-45(39-22-13-23-41(46(39)40)47(42(37)28-33)35-18-9-3-10-19-35)38-27-25-34(32-16-7-2-8-17-32)29-43(38)48(44)36-20-11-4-12-21-36/h1-18,20-30,35H,19H2. The Kier molecular flexibility index (Phi) is 6.62. The van der Waals surface area contributed by atoms with Crippen molar-refractivity contribution in [1.29, 1.82) is 0 Å². The van der Waals surface area contributed by atoms with E-state index >= 15 is 0 Å². The van der Waals surface area contributed by atoms with Crippen LogP contribution < -0.4 is 10.6 Å². The quantitative estimate of drug-likeness (QED) is 0.167. The summed E-state index contributed by atoms with van der Waals surface area (Å²) in [6, 6.07) is 57.3. The number of fused-ring (bicyclic) bond motifs is 6. The van der Waals surface area contributed by atoms with Gasteiger partial charge in [-0.05, 0) is 98.0 Å². The number of allylic oxidation sites excluding steroid dienone is 4. The minimum Gasteiger partial charge on any atom is -0.0836 e. The van der Waals surface area contributed by atoms with E-state index in [1.165, 1.54) is 81.1 Å². The minimum absolute atomic E-state index is 0.476. The van der Waals surface area contributed by atoms with Crippen LogP contribution in [-0.2, 0) is 0 Å². The lowest BCUT2D eigenvalue weighted by Gasteiger charge is -2.34. The van der Waals surface area contributed by atoms with Gasteiger partial charge in [0.15, 0.2) is 0 Å². The second-order valence-corrected chi connectivity index (χ2v) is 17.4. The summed E-state index contributed by atoms with van der Waals surface area (Å²) in [5.41, 5.74) is 8.45. The van der Waals surface area contributed by atoms with Crippen molar-refractivity contribution in [2.75, 3.05) is 0 Å². The SMILES string of the molecule is C1=CCC(P2c3cc(-c4ccccc4)ccc3-c3cc4c(c5cccc2c35)c2ccc(-c3ccccc3)cc2p4-c2ccccc2)C=C1. The maximum absolute atomic E-state index is 2.60. The van der Waals surface area contributed by atoms with Gasteiger partial charge >= 0.3 is 0 Å². The predicted octanol–water partition coefficient (Wildman–Crippen LogP) is 12.8. The average molecular weight is 647 g/mol. The van der Waals surface area contributed by atoms with E-state index in [-0.39, 0.29) is 0 Å². The summed E-state index contributed by atoms with van der Waals surface area (Å²) in [5, 5.41) is 13.1. The molecule has 2 heteroatoms. The van der Waals surface area contributed by atoms with Gasteiger partial charge in [-0.1, -0.05) is 165 Å². The van der Waals surface area contributed by atoms with Crippen molar-refractivity contribution < 1.29 is 0 Å². The Bertz CT molecular complexity index is 2570. The third-order valence-electron chi connectivity index (χ3n) is 10.2. The molecule has 3 atom stereocenters. The van der Waals surface area contributed by atoms with E-state index in [2.05, 4.69) is 176 Å². The van der Waals surface area contributed by atoms with E-state index in [0.29, 0.717) is 5.66 Å². The van der Waals surface area contributed by atoms with E-state index in [1.807, 2.05) is 0 Å². The summed E-state index contributed by atoms with van der Waals surface area (Å²) in [5.74, 6) is 0. The van der Waals surface area contributed by atoms with Gasteiger partial charge in [0.1, 0.15) is 0 Å². The van der Waals surface area contributed by atoms with Gasteiger partial charge in [0.2, 0.25) is 0 Å². The Labute approximate surface area is 283 Å². The van der Waals surface area contributed by atoms with E-state index in [4.69, 9.17) is 0 Å². The first-order valence-electron chi connectivity index (χ1n) is 16.8. The fourth-order valence-electron chi connectivity index (χ4n) is 8.06. The van der Waals surface area contributed by atoms with Gasteiger partial charge < -0.3 is 0 Å². The van der Waals surface area contributed by atoms with Crippen molar-refractivity contribution in [2.45, 2.75) is 12.1 Å². The fraction of sp³-hybridized carbons (Fsp3) is 0.0435. The normalized spacial score (nSPS) is 16.9. The molecule has 2 heterocycles. The molecular formula is C46H32P2. The molecule has 0 saturated heterocycles. The van der Waals surface area contributed by atoms with Crippen molar-refractivity contribution in [3.8, 4) is 38.7 Å². The van der Waals surface area contributed by atoms with Crippen molar-refractivity contribution in [2.24, 2.45) is 0 Å². The zero-order valence-electron chi connectivity index (χ0n) is 26.4. The zero-order valence-corrected chi connectivity index (χ0v) is 28.2. The van der Waals surface area contributed by atoms with Crippen LogP contribution in [0.3, 0.4) is 0 Å². The first-order chi connectivity index (χ1) is 23.8. The molecule has 1 aliphatic heterocycles. The molecule has 3 unspecified atom stereocenters. The molecule has 226 valence electrons. The smallest absolute Gasteiger partial charge is 0.00888 e. The van der Waals surface area contributed by atoms with Gasteiger partial charge in [0.05, 0.1) is 0 Å². The maximum Gasteiger partial charge on any atom is 0.00888 e. The lowest BCUT2D eigenvalue weighted by molar-refractivity contribution is 1.05. The molecule has 0 fully saturated rings. The number of hydrogen-bond donors (Lipinski definition) is 0. The Morgan fingerprint density at radius 1 is 0.458 bits per heavy atom. The lowest BCUT2D eigenvalue weighted by atomic mass is 9.93. The highest BCUT2D eigenvalue weighted by atomic mass is 31.1. The van der Waals surface area contributed by atoms with Crippen molar-refractivity contribution in [3.63, 3.8) is 0 Å². The summed E-state index contributed by atoms with van der Waals surface area (Å²) in [6.45, 7) is 0. The van der Waals surface area contributed by atoms with Crippen LogP contribution in [-0.4, -0.2) is 5.66 Å². The molecule has 0 bridgehead atoms. The van der Waals surface area contributed by atoms with Crippen LogP contribution in [0.25, 0.3) is 70.5 Å². The largest absolute Gasteiger partial charge is 0.0836 e. The van der Waals surface area contributed by atoms with Crippen LogP contribution in [0.1, 0.15) is 6.42 Å². The highest BCUT2D eigenvalue weighted by molar-refractivity contribution is 7.74. The van der Waals surface area contributed by atoms with Gasteiger partial charge in [-0.2, -0.15) is 0 Å². The van der Waals surface area contributed by atoms with E-state index < -0.39 is 15.5 Å². The van der Waals surface area contributed by atoms with Crippen LogP contribution in [0.4, 0.5) is 0 Å². The van der Waals surface area contributed by atoms with Crippen molar-refractivity contribution in [3.05, 3.63) is 176 Å². The molecule has 1 aliphatic carbocycles. The monoisotopic (exact) mass is 646 g/mol. The average Bonchev–Trinajstić information content (AvgIpc) is 3.50. The first-order valence-corrected chi connectivity index (χ1v) is 19.6. The number of hydrogen-bond acceptors (Lipinski definition) is 0. The van der Waals surface area contributed by atoms with Gasteiger partial charge in [-0.3, -0.25) is 0 Å². The third-order valence-corrected chi connectivity index (χ3v) is 15.5. The van der Waals surface area contributed by atoms with Gasteiger partial charge in [-0.25, -0.2) is 0 Å². The zero-order chi connectivity index (χ0) is 31.6. The molecule has 0 amide bonds. The van der Waals surface area contributed by atoms with Gasteiger partial charge in [-0.15, -0.1) is 0 Å². The molecule has 0 saturated carbocycles. The molecule has 10 rings (SSSR count). The molecule has 7 aromatic carbocycles. The molecule has 0 radical (unpaired) electrons. The Morgan fingerprint density at radius 3 is 1.90 bits per heavy atom. The summed E-state index contributed by atoms with van der Waals surface area (Å²) in [6.07, 6.45) is 10.4. The number of benzene rings is 7. The molecule has 0 spiro atoms. The van der Waals surface area contributed by atoms with E-state index in [0.717, 1.165) is 6.42 Å². The van der Waals surface area contributed by atoms with Crippen LogP contribution in [0, 0.1) is 0 Å². The second-order valence-electron chi connectivity index (χ2n) is 12.9. The maximum atomic E-state index is 2.60. The number of rotatable bonds is 4. The van der Waals surface area contributed by atoms with E-state index in [9.17, 15) is 0 Å². The molecule has 1 aromatic heterocycles. The molecule has 8 aromatic rings. The van der Waals surface area contributed by atoms with Crippen molar-refractivity contribution in [1.82, 2.24) is 0 Å². The summed E-state index contributed by atoms with van der Waals surface area (Å²) in [4.78, 5) is 0. The van der Waals surface area contributed by atoms with Crippen molar-refractivity contribution >= 4 is 57.8 Å². The topological polar surface area (TPSA) is 0 Å². The molecule has 48 heavy (non-hydrogen) atoms. The van der Waals surface area contributed by atoms with E-state index in [1.54, 1.807) is 0 Å². The fourth-order valence-corrected chi connectivity index (χ4v) is 13.8. The Morgan fingerprint density at radius 2 is 1.17 bits per heavy atom. The third kappa shape index (κ3) is 4.34. The van der Waals surface area contributed by atoms with Crippen LogP contribution in [0.5, 0.6) is 0 Å². The summed E-state index contributed by atoms with van der Waals surface area (Å²) >= 11 is 0. The summed E-state index contributed by atoms with van der Waals surface area (Å²) < 4.78 is 0. The highest BCUT2D eigenvalue weighted by Crippen LogP contribution is 2.60. The second kappa shape index (κ2) is 11.3. The molecule has 2 aliphatic rings. The molecule has 0 nitrogen and oxygen atoms in total. The molecule has 0 N–H and O–H groups in total.